The molecule has 5 nitrogen and oxygen atoms in total. The fourth-order valence-electron chi connectivity index (χ4n) is 1.88. The summed E-state index contributed by atoms with van der Waals surface area (Å²) in [6.45, 7) is 3.89. The van der Waals surface area contributed by atoms with Gasteiger partial charge in [0, 0.05) is 23.5 Å². The monoisotopic (exact) mass is 259 g/mol. The molecule has 2 aromatic rings. The summed E-state index contributed by atoms with van der Waals surface area (Å²) in [5, 5.41) is 0.832. The van der Waals surface area contributed by atoms with E-state index in [2.05, 4.69) is 15.8 Å². The maximum absolute atomic E-state index is 12.0. The van der Waals surface area contributed by atoms with E-state index in [-0.39, 0.29) is 17.7 Å². The molecule has 5 heteroatoms. The highest BCUT2D eigenvalue weighted by Gasteiger charge is 2.12. The SMILES string of the molecule is CC(C)CC(=O)NNC(=O)c1c[nH]c2ccccc12. The fraction of sp³-hybridized carbons (Fsp3) is 0.286. The molecule has 0 aliphatic rings. The lowest BCUT2D eigenvalue weighted by atomic mass is 10.1. The summed E-state index contributed by atoms with van der Waals surface area (Å²) in [6.07, 6.45) is 2.02. The zero-order valence-electron chi connectivity index (χ0n) is 11.0. The van der Waals surface area contributed by atoms with Crippen molar-refractivity contribution in [2.75, 3.05) is 0 Å². The lowest BCUT2D eigenvalue weighted by molar-refractivity contribution is -0.122. The van der Waals surface area contributed by atoms with Crippen LogP contribution in [0.4, 0.5) is 0 Å². The van der Waals surface area contributed by atoms with Crippen molar-refractivity contribution in [3.05, 3.63) is 36.0 Å². The van der Waals surface area contributed by atoms with Crippen LogP contribution < -0.4 is 10.9 Å². The fourth-order valence-corrected chi connectivity index (χ4v) is 1.88. The number of H-pyrrole nitrogens is 1. The second kappa shape index (κ2) is 5.56. The molecule has 2 amide bonds. The molecular weight excluding hydrogens is 242 g/mol. The molecule has 0 unspecified atom stereocenters. The van der Waals surface area contributed by atoms with Gasteiger partial charge in [-0.3, -0.25) is 20.4 Å². The lowest BCUT2D eigenvalue weighted by Crippen LogP contribution is -2.41. The van der Waals surface area contributed by atoms with Crippen molar-refractivity contribution in [2.45, 2.75) is 20.3 Å². The van der Waals surface area contributed by atoms with Gasteiger partial charge in [0.05, 0.1) is 5.56 Å². The van der Waals surface area contributed by atoms with Crippen LogP contribution in [0, 0.1) is 5.92 Å². The number of para-hydroxylation sites is 1. The number of rotatable bonds is 3. The van der Waals surface area contributed by atoms with Crippen molar-refractivity contribution < 1.29 is 9.59 Å². The van der Waals surface area contributed by atoms with E-state index in [0.717, 1.165) is 10.9 Å². The minimum Gasteiger partial charge on any atom is -0.360 e. The van der Waals surface area contributed by atoms with Crippen LogP contribution in [0.3, 0.4) is 0 Å². The number of fused-ring (bicyclic) bond motifs is 1. The minimum atomic E-state index is -0.324. The molecule has 0 bridgehead atoms. The van der Waals surface area contributed by atoms with E-state index in [4.69, 9.17) is 0 Å². The number of hydrazine groups is 1. The minimum absolute atomic E-state index is 0.191. The predicted octanol–water partition coefficient (Wildman–Crippen LogP) is 1.97. The molecule has 1 aromatic carbocycles. The molecule has 2 rings (SSSR count). The Balaban J connectivity index is 2.02. The van der Waals surface area contributed by atoms with Crippen molar-refractivity contribution in [1.29, 1.82) is 0 Å². The number of hydrogen-bond donors (Lipinski definition) is 3. The molecule has 0 saturated heterocycles. The van der Waals surface area contributed by atoms with E-state index in [1.807, 2.05) is 38.1 Å². The molecule has 1 aromatic heterocycles. The Morgan fingerprint density at radius 2 is 1.95 bits per heavy atom. The van der Waals surface area contributed by atoms with Gasteiger partial charge >= 0.3 is 0 Å². The number of aromatic amines is 1. The molecule has 0 saturated carbocycles. The Bertz CT molecular complexity index is 602. The third-order valence-electron chi connectivity index (χ3n) is 2.74. The van der Waals surface area contributed by atoms with E-state index in [9.17, 15) is 9.59 Å². The molecular formula is C14H17N3O2. The first-order valence-electron chi connectivity index (χ1n) is 6.23. The highest BCUT2D eigenvalue weighted by molar-refractivity contribution is 6.07. The first-order valence-corrected chi connectivity index (χ1v) is 6.23. The molecule has 0 aliphatic carbocycles. The Kier molecular flexibility index (Phi) is 3.85. The second-order valence-corrected chi connectivity index (χ2v) is 4.85. The van der Waals surface area contributed by atoms with Crippen LogP contribution >= 0.6 is 0 Å². The molecule has 3 N–H and O–H groups in total. The van der Waals surface area contributed by atoms with Crippen molar-refractivity contribution >= 4 is 22.7 Å². The normalized spacial score (nSPS) is 10.7. The number of nitrogens with one attached hydrogen (secondary N) is 3. The zero-order chi connectivity index (χ0) is 13.8. The first-order chi connectivity index (χ1) is 9.08. The van der Waals surface area contributed by atoms with Gasteiger partial charge < -0.3 is 4.98 Å². The topological polar surface area (TPSA) is 74.0 Å². The van der Waals surface area contributed by atoms with Crippen LogP contribution in [0.1, 0.15) is 30.6 Å². The second-order valence-electron chi connectivity index (χ2n) is 4.85. The van der Waals surface area contributed by atoms with E-state index in [1.54, 1.807) is 6.20 Å². The number of carbonyl (C=O) groups is 2. The number of benzene rings is 1. The van der Waals surface area contributed by atoms with Crippen molar-refractivity contribution in [2.24, 2.45) is 5.92 Å². The van der Waals surface area contributed by atoms with E-state index in [0.29, 0.717) is 12.0 Å². The van der Waals surface area contributed by atoms with Gasteiger partial charge in [-0.2, -0.15) is 0 Å². The summed E-state index contributed by atoms with van der Waals surface area (Å²) in [5.41, 5.74) is 6.24. The summed E-state index contributed by atoms with van der Waals surface area (Å²) in [7, 11) is 0. The smallest absolute Gasteiger partial charge is 0.271 e. The molecule has 0 radical (unpaired) electrons. The molecule has 0 fully saturated rings. The van der Waals surface area contributed by atoms with Gasteiger partial charge in [0.15, 0.2) is 0 Å². The van der Waals surface area contributed by atoms with Crippen LogP contribution in [0.2, 0.25) is 0 Å². The average Bonchev–Trinajstić information content (AvgIpc) is 2.79. The predicted molar refractivity (Wildman–Crippen MR) is 73.4 cm³/mol. The van der Waals surface area contributed by atoms with E-state index >= 15 is 0 Å². The number of amides is 2. The van der Waals surface area contributed by atoms with Gasteiger partial charge in [-0.05, 0) is 12.0 Å². The zero-order valence-corrected chi connectivity index (χ0v) is 11.0. The van der Waals surface area contributed by atoms with Crippen molar-refractivity contribution in [3.8, 4) is 0 Å². The number of hydrogen-bond acceptors (Lipinski definition) is 2. The molecule has 0 aliphatic heterocycles. The summed E-state index contributed by atoms with van der Waals surface area (Å²) in [4.78, 5) is 26.4. The Morgan fingerprint density at radius 1 is 1.21 bits per heavy atom. The van der Waals surface area contributed by atoms with Crippen LogP contribution in [0.15, 0.2) is 30.5 Å². The van der Waals surface area contributed by atoms with Gasteiger partial charge in [-0.1, -0.05) is 32.0 Å². The molecule has 0 atom stereocenters. The first kappa shape index (κ1) is 13.1. The lowest BCUT2D eigenvalue weighted by Gasteiger charge is -2.08. The van der Waals surface area contributed by atoms with Crippen LogP contribution in [0.5, 0.6) is 0 Å². The van der Waals surface area contributed by atoms with Gasteiger partial charge in [0.25, 0.3) is 5.91 Å². The highest BCUT2D eigenvalue weighted by atomic mass is 16.2. The molecule has 1 heterocycles. The standard InChI is InChI=1S/C14H17N3O2/c1-9(2)7-13(18)16-17-14(19)11-8-15-12-6-4-3-5-10(11)12/h3-6,8-9,15H,7H2,1-2H3,(H,16,18)(H,17,19). The van der Waals surface area contributed by atoms with Gasteiger partial charge in [0.1, 0.15) is 0 Å². The largest absolute Gasteiger partial charge is 0.360 e. The average molecular weight is 259 g/mol. The van der Waals surface area contributed by atoms with Crippen molar-refractivity contribution in [1.82, 2.24) is 15.8 Å². The summed E-state index contributed by atoms with van der Waals surface area (Å²) >= 11 is 0. The quantitative estimate of drug-likeness (QED) is 0.737. The van der Waals surface area contributed by atoms with Crippen LogP contribution in [-0.4, -0.2) is 16.8 Å². The Hall–Kier alpha value is -2.30. The van der Waals surface area contributed by atoms with E-state index in [1.165, 1.54) is 0 Å². The Labute approximate surface area is 111 Å². The third-order valence-corrected chi connectivity index (χ3v) is 2.74. The van der Waals surface area contributed by atoms with Gasteiger partial charge in [-0.25, -0.2) is 0 Å². The van der Waals surface area contributed by atoms with Gasteiger partial charge in [-0.15, -0.1) is 0 Å². The number of aromatic nitrogens is 1. The maximum Gasteiger partial charge on any atom is 0.271 e. The number of carbonyl (C=O) groups excluding carboxylic acids is 2. The summed E-state index contributed by atoms with van der Waals surface area (Å²) < 4.78 is 0. The third kappa shape index (κ3) is 3.13. The molecule has 100 valence electrons. The summed E-state index contributed by atoms with van der Waals surface area (Å²) in [5.74, 6) is -0.261. The van der Waals surface area contributed by atoms with Gasteiger partial charge in [0.2, 0.25) is 5.91 Å². The molecule has 0 spiro atoms. The maximum atomic E-state index is 12.0. The Morgan fingerprint density at radius 3 is 2.68 bits per heavy atom. The van der Waals surface area contributed by atoms with Crippen LogP contribution in [-0.2, 0) is 4.79 Å². The summed E-state index contributed by atoms with van der Waals surface area (Å²) in [6, 6.07) is 7.51. The van der Waals surface area contributed by atoms with Crippen LogP contribution in [0.25, 0.3) is 10.9 Å². The van der Waals surface area contributed by atoms with Crippen molar-refractivity contribution in [3.63, 3.8) is 0 Å². The van der Waals surface area contributed by atoms with E-state index < -0.39 is 0 Å². The highest BCUT2D eigenvalue weighted by Crippen LogP contribution is 2.17. The molecule has 19 heavy (non-hydrogen) atoms.